The van der Waals surface area contributed by atoms with Gasteiger partial charge in [0.05, 0.1) is 0 Å². The molecule has 1 nitrogen and oxygen atoms in total. The molecule has 0 aliphatic carbocycles. The van der Waals surface area contributed by atoms with Crippen LogP contribution in [-0.4, -0.2) is 5.75 Å². The second kappa shape index (κ2) is 6.36. The molecule has 0 saturated heterocycles. The zero-order valence-electron chi connectivity index (χ0n) is 9.64. The van der Waals surface area contributed by atoms with E-state index in [2.05, 4.69) is 15.9 Å². The summed E-state index contributed by atoms with van der Waals surface area (Å²) < 4.78 is 14.1. The molecule has 1 unspecified atom stereocenters. The van der Waals surface area contributed by atoms with E-state index in [0.717, 1.165) is 14.9 Å². The van der Waals surface area contributed by atoms with Crippen LogP contribution in [0.15, 0.2) is 57.9 Å². The monoisotopic (exact) mass is 325 g/mol. The lowest BCUT2D eigenvalue weighted by atomic mass is 10.1. The number of rotatable bonds is 4. The molecule has 4 heteroatoms. The SMILES string of the molecule is NC(CSc1ccccc1Br)c1cccc(F)c1. The van der Waals surface area contributed by atoms with Crippen molar-refractivity contribution in [3.05, 3.63) is 64.4 Å². The molecule has 18 heavy (non-hydrogen) atoms. The van der Waals surface area contributed by atoms with Gasteiger partial charge in [-0.3, -0.25) is 0 Å². The van der Waals surface area contributed by atoms with E-state index < -0.39 is 0 Å². The number of hydrogen-bond donors (Lipinski definition) is 1. The number of thioether (sulfide) groups is 1. The molecule has 0 bridgehead atoms. The maximum Gasteiger partial charge on any atom is 0.123 e. The van der Waals surface area contributed by atoms with Gasteiger partial charge < -0.3 is 5.73 Å². The van der Waals surface area contributed by atoms with Gasteiger partial charge in [0.1, 0.15) is 5.82 Å². The lowest BCUT2D eigenvalue weighted by Crippen LogP contribution is -2.13. The van der Waals surface area contributed by atoms with E-state index >= 15 is 0 Å². The standard InChI is InChI=1S/C14H13BrFNS/c15-12-6-1-2-7-14(12)18-9-13(17)10-4-3-5-11(16)8-10/h1-8,13H,9,17H2. The molecular formula is C14H13BrFNS. The fourth-order valence-electron chi connectivity index (χ4n) is 1.57. The molecule has 0 aliphatic rings. The van der Waals surface area contributed by atoms with Crippen molar-refractivity contribution in [1.29, 1.82) is 0 Å². The predicted octanol–water partition coefficient (Wildman–Crippen LogP) is 4.38. The fraction of sp³-hybridized carbons (Fsp3) is 0.143. The Morgan fingerprint density at radius 3 is 2.67 bits per heavy atom. The van der Waals surface area contributed by atoms with Crippen LogP contribution >= 0.6 is 27.7 Å². The van der Waals surface area contributed by atoms with Gasteiger partial charge in [-0.25, -0.2) is 4.39 Å². The quantitative estimate of drug-likeness (QED) is 0.844. The number of benzene rings is 2. The van der Waals surface area contributed by atoms with E-state index in [0.29, 0.717) is 5.75 Å². The van der Waals surface area contributed by atoms with Crippen LogP contribution in [0.1, 0.15) is 11.6 Å². The van der Waals surface area contributed by atoms with Crippen molar-refractivity contribution in [2.45, 2.75) is 10.9 Å². The van der Waals surface area contributed by atoms with Crippen molar-refractivity contribution in [2.75, 3.05) is 5.75 Å². The first kappa shape index (κ1) is 13.6. The first-order chi connectivity index (χ1) is 8.66. The summed E-state index contributed by atoms with van der Waals surface area (Å²) in [5.41, 5.74) is 6.89. The summed E-state index contributed by atoms with van der Waals surface area (Å²) in [7, 11) is 0. The van der Waals surface area contributed by atoms with Gasteiger partial charge in [-0.1, -0.05) is 24.3 Å². The summed E-state index contributed by atoms with van der Waals surface area (Å²) in [6.07, 6.45) is 0. The normalized spacial score (nSPS) is 12.4. The largest absolute Gasteiger partial charge is 0.323 e. The van der Waals surface area contributed by atoms with Crippen molar-refractivity contribution in [3.8, 4) is 0 Å². The molecule has 0 radical (unpaired) electrons. The van der Waals surface area contributed by atoms with Gasteiger partial charge in [0.25, 0.3) is 0 Å². The summed E-state index contributed by atoms with van der Waals surface area (Å²) in [6.45, 7) is 0. The van der Waals surface area contributed by atoms with E-state index in [1.165, 1.54) is 12.1 Å². The molecule has 0 heterocycles. The Kier molecular flexibility index (Phi) is 4.80. The number of halogens is 2. The number of hydrogen-bond acceptors (Lipinski definition) is 2. The minimum absolute atomic E-state index is 0.169. The Morgan fingerprint density at radius 2 is 1.94 bits per heavy atom. The minimum Gasteiger partial charge on any atom is -0.323 e. The molecule has 0 aromatic heterocycles. The Hall–Kier alpha value is -0.840. The van der Waals surface area contributed by atoms with Crippen LogP contribution in [0.5, 0.6) is 0 Å². The zero-order valence-corrected chi connectivity index (χ0v) is 12.0. The second-order valence-corrected chi connectivity index (χ2v) is 5.82. The molecule has 0 saturated carbocycles. The average Bonchev–Trinajstić information content (AvgIpc) is 2.37. The summed E-state index contributed by atoms with van der Waals surface area (Å²) in [5, 5.41) is 0. The van der Waals surface area contributed by atoms with Crippen molar-refractivity contribution in [3.63, 3.8) is 0 Å². The lowest BCUT2D eigenvalue weighted by Gasteiger charge is -2.12. The van der Waals surface area contributed by atoms with Crippen LogP contribution < -0.4 is 5.73 Å². The Bertz CT molecular complexity index is 533. The molecular weight excluding hydrogens is 313 g/mol. The molecule has 2 rings (SSSR count). The van der Waals surface area contributed by atoms with Gasteiger partial charge in [-0.05, 0) is 45.8 Å². The Balaban J connectivity index is 2.00. The highest BCUT2D eigenvalue weighted by Gasteiger charge is 2.08. The predicted molar refractivity (Wildman–Crippen MR) is 78.2 cm³/mol. The van der Waals surface area contributed by atoms with E-state index in [4.69, 9.17) is 5.73 Å². The van der Waals surface area contributed by atoms with Crippen molar-refractivity contribution >= 4 is 27.7 Å². The molecule has 0 amide bonds. The minimum atomic E-state index is -0.242. The summed E-state index contributed by atoms with van der Waals surface area (Å²) in [5.74, 6) is 0.473. The highest BCUT2D eigenvalue weighted by Crippen LogP contribution is 2.29. The van der Waals surface area contributed by atoms with Crippen molar-refractivity contribution in [2.24, 2.45) is 5.73 Å². The molecule has 2 aromatic carbocycles. The van der Waals surface area contributed by atoms with Gasteiger partial charge >= 0.3 is 0 Å². The van der Waals surface area contributed by atoms with Crippen molar-refractivity contribution in [1.82, 2.24) is 0 Å². The molecule has 0 fully saturated rings. The maximum atomic E-state index is 13.1. The highest BCUT2D eigenvalue weighted by molar-refractivity contribution is 9.10. The third-order valence-electron chi connectivity index (χ3n) is 2.53. The lowest BCUT2D eigenvalue weighted by molar-refractivity contribution is 0.622. The van der Waals surface area contributed by atoms with Gasteiger partial charge in [0.15, 0.2) is 0 Å². The molecule has 2 N–H and O–H groups in total. The topological polar surface area (TPSA) is 26.0 Å². The third kappa shape index (κ3) is 3.57. The summed E-state index contributed by atoms with van der Waals surface area (Å²) >= 11 is 5.15. The zero-order chi connectivity index (χ0) is 13.0. The molecule has 94 valence electrons. The van der Waals surface area contributed by atoms with Crippen LogP contribution in [0.2, 0.25) is 0 Å². The molecule has 1 atom stereocenters. The fourth-order valence-corrected chi connectivity index (χ4v) is 3.14. The van der Waals surface area contributed by atoms with Crippen LogP contribution in [0.4, 0.5) is 4.39 Å². The van der Waals surface area contributed by atoms with Crippen LogP contribution in [-0.2, 0) is 0 Å². The van der Waals surface area contributed by atoms with Gasteiger partial charge in [-0.2, -0.15) is 0 Å². The van der Waals surface area contributed by atoms with Crippen molar-refractivity contribution < 1.29 is 4.39 Å². The first-order valence-electron chi connectivity index (χ1n) is 5.55. The molecule has 0 aliphatic heterocycles. The molecule has 0 spiro atoms. The average molecular weight is 326 g/mol. The smallest absolute Gasteiger partial charge is 0.123 e. The van der Waals surface area contributed by atoms with E-state index in [1.807, 2.05) is 30.3 Å². The van der Waals surface area contributed by atoms with E-state index in [9.17, 15) is 4.39 Å². The highest BCUT2D eigenvalue weighted by atomic mass is 79.9. The Morgan fingerprint density at radius 1 is 1.17 bits per heavy atom. The molecule has 2 aromatic rings. The number of nitrogens with two attached hydrogens (primary N) is 1. The Labute approximate surface area is 119 Å². The van der Waals surface area contributed by atoms with Gasteiger partial charge in [0.2, 0.25) is 0 Å². The van der Waals surface area contributed by atoms with Crippen LogP contribution in [0, 0.1) is 5.82 Å². The summed E-state index contributed by atoms with van der Waals surface area (Å²) in [6, 6.07) is 14.3. The van der Waals surface area contributed by atoms with E-state index in [-0.39, 0.29) is 11.9 Å². The summed E-state index contributed by atoms with van der Waals surface area (Å²) in [4.78, 5) is 1.14. The third-order valence-corrected chi connectivity index (χ3v) is 4.68. The van der Waals surface area contributed by atoms with E-state index in [1.54, 1.807) is 17.8 Å². The van der Waals surface area contributed by atoms with Crippen LogP contribution in [0.25, 0.3) is 0 Å². The van der Waals surface area contributed by atoms with Gasteiger partial charge in [-0.15, -0.1) is 11.8 Å². The van der Waals surface area contributed by atoms with Gasteiger partial charge in [0, 0.05) is 21.2 Å². The maximum absolute atomic E-state index is 13.1. The second-order valence-electron chi connectivity index (χ2n) is 3.90. The van der Waals surface area contributed by atoms with Crippen LogP contribution in [0.3, 0.4) is 0 Å². The first-order valence-corrected chi connectivity index (χ1v) is 7.33.